The number of benzene rings is 1. The SMILES string of the molecule is NCCc1noc(-c2coc3ccccc23)n1. The van der Waals surface area contributed by atoms with E-state index >= 15 is 0 Å². The van der Waals surface area contributed by atoms with Crippen LogP contribution in [-0.4, -0.2) is 16.7 Å². The summed E-state index contributed by atoms with van der Waals surface area (Å²) in [5.74, 6) is 1.09. The number of hydrogen-bond donors (Lipinski definition) is 1. The van der Waals surface area contributed by atoms with E-state index in [1.54, 1.807) is 6.26 Å². The van der Waals surface area contributed by atoms with E-state index in [-0.39, 0.29) is 0 Å². The summed E-state index contributed by atoms with van der Waals surface area (Å²) in [5, 5.41) is 4.83. The smallest absolute Gasteiger partial charge is 0.261 e. The predicted molar refractivity (Wildman–Crippen MR) is 62.3 cm³/mol. The monoisotopic (exact) mass is 229 g/mol. The molecule has 0 saturated carbocycles. The molecule has 5 heteroatoms. The van der Waals surface area contributed by atoms with E-state index in [2.05, 4.69) is 10.1 Å². The number of para-hydroxylation sites is 1. The first-order valence-corrected chi connectivity index (χ1v) is 5.38. The van der Waals surface area contributed by atoms with Gasteiger partial charge in [-0.25, -0.2) is 0 Å². The highest BCUT2D eigenvalue weighted by molar-refractivity contribution is 5.91. The van der Waals surface area contributed by atoms with Gasteiger partial charge in [0, 0.05) is 11.8 Å². The molecule has 0 fully saturated rings. The highest BCUT2D eigenvalue weighted by atomic mass is 16.5. The maximum absolute atomic E-state index is 5.44. The number of rotatable bonds is 3. The number of fused-ring (bicyclic) bond motifs is 1. The van der Waals surface area contributed by atoms with E-state index < -0.39 is 0 Å². The van der Waals surface area contributed by atoms with Crippen LogP contribution in [0.2, 0.25) is 0 Å². The fourth-order valence-electron chi connectivity index (χ4n) is 1.74. The number of nitrogens with zero attached hydrogens (tertiary/aromatic N) is 2. The molecule has 3 aromatic rings. The van der Waals surface area contributed by atoms with Crippen LogP contribution in [-0.2, 0) is 6.42 Å². The Balaban J connectivity index is 2.07. The van der Waals surface area contributed by atoms with Crippen molar-refractivity contribution in [2.45, 2.75) is 6.42 Å². The van der Waals surface area contributed by atoms with Gasteiger partial charge in [0.25, 0.3) is 5.89 Å². The third-order valence-electron chi connectivity index (χ3n) is 2.55. The minimum absolute atomic E-state index is 0.471. The molecule has 3 rings (SSSR count). The Labute approximate surface area is 97.2 Å². The highest BCUT2D eigenvalue weighted by Gasteiger charge is 2.14. The van der Waals surface area contributed by atoms with Gasteiger partial charge in [0.05, 0.1) is 5.56 Å². The molecule has 0 aliphatic rings. The molecule has 0 aliphatic heterocycles. The molecule has 0 aliphatic carbocycles. The van der Waals surface area contributed by atoms with Crippen molar-refractivity contribution in [3.05, 3.63) is 36.4 Å². The molecule has 0 unspecified atom stereocenters. The topological polar surface area (TPSA) is 78.1 Å². The van der Waals surface area contributed by atoms with Crippen LogP contribution in [0, 0.1) is 0 Å². The molecule has 2 N–H and O–H groups in total. The van der Waals surface area contributed by atoms with Crippen molar-refractivity contribution in [2.75, 3.05) is 6.54 Å². The lowest BCUT2D eigenvalue weighted by atomic mass is 10.2. The summed E-state index contributed by atoms with van der Waals surface area (Å²) in [5.41, 5.74) is 7.06. The van der Waals surface area contributed by atoms with Crippen molar-refractivity contribution < 1.29 is 8.94 Å². The number of hydrogen-bond acceptors (Lipinski definition) is 5. The zero-order valence-electron chi connectivity index (χ0n) is 9.09. The molecular formula is C12H11N3O2. The lowest BCUT2D eigenvalue weighted by Crippen LogP contribution is -2.03. The molecule has 0 radical (unpaired) electrons. The van der Waals surface area contributed by atoms with Gasteiger partial charge in [-0.2, -0.15) is 4.98 Å². The van der Waals surface area contributed by atoms with Crippen molar-refractivity contribution in [2.24, 2.45) is 5.73 Å². The number of aromatic nitrogens is 2. The van der Waals surface area contributed by atoms with Crippen molar-refractivity contribution in [1.29, 1.82) is 0 Å². The van der Waals surface area contributed by atoms with Crippen LogP contribution in [0.25, 0.3) is 22.4 Å². The number of nitrogens with two attached hydrogens (primary N) is 1. The Hall–Kier alpha value is -2.14. The Morgan fingerprint density at radius 1 is 1.24 bits per heavy atom. The second-order valence-electron chi connectivity index (χ2n) is 3.70. The number of furan rings is 1. The summed E-state index contributed by atoms with van der Waals surface area (Å²) < 4.78 is 10.6. The predicted octanol–water partition coefficient (Wildman–Crippen LogP) is 1.98. The van der Waals surface area contributed by atoms with Gasteiger partial charge in [-0.1, -0.05) is 23.4 Å². The average Bonchev–Trinajstić information content (AvgIpc) is 2.95. The molecule has 2 heterocycles. The Morgan fingerprint density at radius 3 is 3.00 bits per heavy atom. The third kappa shape index (κ3) is 1.70. The normalized spacial score (nSPS) is 11.1. The lowest BCUT2D eigenvalue weighted by molar-refractivity contribution is 0.422. The Morgan fingerprint density at radius 2 is 2.12 bits per heavy atom. The molecule has 0 saturated heterocycles. The van der Waals surface area contributed by atoms with Crippen LogP contribution >= 0.6 is 0 Å². The molecule has 86 valence electrons. The molecule has 1 aromatic carbocycles. The Kier molecular flexibility index (Phi) is 2.38. The second kappa shape index (κ2) is 4.03. The molecule has 2 aromatic heterocycles. The first-order chi connectivity index (χ1) is 8.38. The summed E-state index contributed by atoms with van der Waals surface area (Å²) in [4.78, 5) is 4.27. The van der Waals surface area contributed by atoms with Crippen molar-refractivity contribution in [3.8, 4) is 11.5 Å². The summed E-state index contributed by atoms with van der Waals surface area (Å²) in [6.07, 6.45) is 2.24. The van der Waals surface area contributed by atoms with Crippen molar-refractivity contribution >= 4 is 11.0 Å². The molecule has 0 amide bonds. The average molecular weight is 229 g/mol. The van der Waals surface area contributed by atoms with Crippen molar-refractivity contribution in [3.63, 3.8) is 0 Å². The van der Waals surface area contributed by atoms with E-state index in [1.807, 2.05) is 24.3 Å². The highest BCUT2D eigenvalue weighted by Crippen LogP contribution is 2.28. The Bertz CT molecular complexity index is 642. The van der Waals surface area contributed by atoms with E-state index in [0.29, 0.717) is 24.7 Å². The van der Waals surface area contributed by atoms with Crippen LogP contribution in [0.15, 0.2) is 39.5 Å². The van der Waals surface area contributed by atoms with E-state index in [9.17, 15) is 0 Å². The minimum Gasteiger partial charge on any atom is -0.463 e. The van der Waals surface area contributed by atoms with Gasteiger partial charge in [0.2, 0.25) is 0 Å². The maximum Gasteiger partial charge on any atom is 0.261 e. The quantitative estimate of drug-likeness (QED) is 0.743. The van der Waals surface area contributed by atoms with Crippen LogP contribution < -0.4 is 5.73 Å². The van der Waals surface area contributed by atoms with Gasteiger partial charge in [-0.3, -0.25) is 0 Å². The van der Waals surface area contributed by atoms with E-state index in [4.69, 9.17) is 14.7 Å². The van der Waals surface area contributed by atoms with Gasteiger partial charge < -0.3 is 14.7 Å². The van der Waals surface area contributed by atoms with Gasteiger partial charge in [-0.15, -0.1) is 0 Å². The fraction of sp³-hybridized carbons (Fsp3) is 0.167. The maximum atomic E-state index is 5.44. The largest absolute Gasteiger partial charge is 0.463 e. The summed E-state index contributed by atoms with van der Waals surface area (Å²) in [6.45, 7) is 0.505. The first-order valence-electron chi connectivity index (χ1n) is 5.38. The zero-order valence-corrected chi connectivity index (χ0v) is 9.09. The van der Waals surface area contributed by atoms with Crippen molar-refractivity contribution in [1.82, 2.24) is 10.1 Å². The van der Waals surface area contributed by atoms with Crippen LogP contribution in [0.5, 0.6) is 0 Å². The third-order valence-corrected chi connectivity index (χ3v) is 2.55. The van der Waals surface area contributed by atoms with Gasteiger partial charge >= 0.3 is 0 Å². The van der Waals surface area contributed by atoms with Crippen LogP contribution in [0.1, 0.15) is 5.82 Å². The molecule has 17 heavy (non-hydrogen) atoms. The molecule has 0 spiro atoms. The fourth-order valence-corrected chi connectivity index (χ4v) is 1.74. The van der Waals surface area contributed by atoms with E-state index in [0.717, 1.165) is 16.5 Å². The zero-order chi connectivity index (χ0) is 11.7. The summed E-state index contributed by atoms with van der Waals surface area (Å²) in [7, 11) is 0. The summed E-state index contributed by atoms with van der Waals surface area (Å²) in [6, 6.07) is 7.72. The molecule has 0 bridgehead atoms. The van der Waals surface area contributed by atoms with Crippen LogP contribution in [0.3, 0.4) is 0 Å². The molecule has 5 nitrogen and oxygen atoms in total. The van der Waals surface area contributed by atoms with Gasteiger partial charge in [0.1, 0.15) is 11.8 Å². The van der Waals surface area contributed by atoms with Gasteiger partial charge in [-0.05, 0) is 12.6 Å². The molecular weight excluding hydrogens is 218 g/mol. The van der Waals surface area contributed by atoms with Crippen LogP contribution in [0.4, 0.5) is 0 Å². The first kappa shape index (κ1) is 10.0. The van der Waals surface area contributed by atoms with Gasteiger partial charge in [0.15, 0.2) is 5.82 Å². The van der Waals surface area contributed by atoms with E-state index in [1.165, 1.54) is 0 Å². The second-order valence-corrected chi connectivity index (χ2v) is 3.70. The molecule has 0 atom stereocenters. The lowest BCUT2D eigenvalue weighted by Gasteiger charge is -1.89. The summed E-state index contributed by atoms with van der Waals surface area (Å²) >= 11 is 0. The standard InChI is InChI=1S/C12H11N3O2/c13-6-5-11-14-12(17-15-11)9-7-16-10-4-2-1-3-8(9)10/h1-4,7H,5-6,13H2. The minimum atomic E-state index is 0.471.